The van der Waals surface area contributed by atoms with E-state index in [2.05, 4.69) is 26.2 Å². The summed E-state index contributed by atoms with van der Waals surface area (Å²) >= 11 is 9.62. The fourth-order valence-corrected chi connectivity index (χ4v) is 3.34. The van der Waals surface area contributed by atoms with Crippen molar-refractivity contribution in [3.8, 4) is 5.75 Å². The van der Waals surface area contributed by atoms with Crippen LogP contribution in [0.1, 0.15) is 16.7 Å². The highest BCUT2D eigenvalue weighted by molar-refractivity contribution is 9.10. The van der Waals surface area contributed by atoms with Gasteiger partial charge in [-0.15, -0.1) is 0 Å². The maximum atomic E-state index is 12.1. The van der Waals surface area contributed by atoms with Gasteiger partial charge in [-0.3, -0.25) is 9.79 Å². The lowest BCUT2D eigenvalue weighted by Gasteiger charge is -2.10. The number of benzene rings is 3. The predicted molar refractivity (Wildman–Crippen MR) is 123 cm³/mol. The zero-order chi connectivity index (χ0) is 20.8. The molecule has 148 valence electrons. The largest absolute Gasteiger partial charge is 0.483 e. The Morgan fingerprint density at radius 3 is 2.69 bits per heavy atom. The third kappa shape index (κ3) is 5.92. The van der Waals surface area contributed by atoms with Crippen molar-refractivity contribution in [2.24, 2.45) is 4.99 Å². The van der Waals surface area contributed by atoms with Crippen LogP contribution in [0.25, 0.3) is 0 Å². The minimum Gasteiger partial charge on any atom is -0.483 e. The first-order chi connectivity index (χ1) is 13.9. The van der Waals surface area contributed by atoms with Crippen LogP contribution in [0.4, 0.5) is 11.4 Å². The van der Waals surface area contributed by atoms with Gasteiger partial charge in [-0.1, -0.05) is 29.8 Å². The second kappa shape index (κ2) is 9.72. The van der Waals surface area contributed by atoms with Crippen molar-refractivity contribution < 1.29 is 9.53 Å². The highest BCUT2D eigenvalue weighted by Gasteiger charge is 2.07. The molecule has 6 heteroatoms. The maximum Gasteiger partial charge on any atom is 0.262 e. The van der Waals surface area contributed by atoms with Crippen LogP contribution in [0.5, 0.6) is 5.75 Å². The predicted octanol–water partition coefficient (Wildman–Crippen LogP) is 6.49. The lowest BCUT2D eigenvalue weighted by atomic mass is 10.2. The monoisotopic (exact) mass is 470 g/mol. The van der Waals surface area contributed by atoms with Gasteiger partial charge in [0.1, 0.15) is 5.75 Å². The number of rotatable bonds is 6. The van der Waals surface area contributed by atoms with E-state index < -0.39 is 0 Å². The Kier molecular flexibility index (Phi) is 7.07. The van der Waals surface area contributed by atoms with Crippen molar-refractivity contribution in [1.29, 1.82) is 0 Å². The normalized spacial score (nSPS) is 10.9. The fraction of sp³-hybridized carbons (Fsp3) is 0.130. The summed E-state index contributed by atoms with van der Waals surface area (Å²) in [5, 5.41) is 3.51. The number of carbonyl (C=O) groups excluding carboxylic acids is 1. The Morgan fingerprint density at radius 2 is 1.93 bits per heavy atom. The molecular formula is C23H20BrClN2O2. The number of nitrogens with zero attached hydrogens (tertiary/aromatic N) is 1. The second-order valence-corrected chi connectivity index (χ2v) is 7.80. The van der Waals surface area contributed by atoms with Crippen molar-refractivity contribution in [2.75, 3.05) is 11.9 Å². The first-order valence-electron chi connectivity index (χ1n) is 9.00. The van der Waals surface area contributed by atoms with Gasteiger partial charge >= 0.3 is 0 Å². The molecule has 0 aliphatic rings. The molecule has 3 aromatic rings. The first kappa shape index (κ1) is 21.1. The van der Waals surface area contributed by atoms with Crippen LogP contribution >= 0.6 is 27.5 Å². The van der Waals surface area contributed by atoms with Gasteiger partial charge in [-0.2, -0.15) is 0 Å². The molecule has 0 unspecified atom stereocenters. The van der Waals surface area contributed by atoms with E-state index in [-0.39, 0.29) is 12.5 Å². The molecule has 0 heterocycles. The molecule has 3 aromatic carbocycles. The number of hydrogen-bond acceptors (Lipinski definition) is 3. The van der Waals surface area contributed by atoms with Crippen LogP contribution in [0.15, 0.2) is 70.1 Å². The molecule has 4 nitrogen and oxygen atoms in total. The van der Waals surface area contributed by atoms with Crippen LogP contribution < -0.4 is 10.1 Å². The van der Waals surface area contributed by atoms with Crippen LogP contribution in [-0.4, -0.2) is 18.7 Å². The third-order valence-electron chi connectivity index (χ3n) is 4.21. The van der Waals surface area contributed by atoms with Crippen LogP contribution in [0, 0.1) is 13.8 Å². The minimum atomic E-state index is -0.218. The average molecular weight is 472 g/mol. The number of aryl methyl sites for hydroxylation is 1. The molecule has 0 aliphatic heterocycles. The van der Waals surface area contributed by atoms with Crippen molar-refractivity contribution in [2.45, 2.75) is 13.8 Å². The van der Waals surface area contributed by atoms with Crippen LogP contribution in [-0.2, 0) is 4.79 Å². The highest BCUT2D eigenvalue weighted by Crippen LogP contribution is 2.27. The summed E-state index contributed by atoms with van der Waals surface area (Å²) < 4.78 is 6.38. The molecule has 1 N–H and O–H groups in total. The van der Waals surface area contributed by atoms with E-state index in [9.17, 15) is 4.79 Å². The molecule has 0 radical (unpaired) electrons. The standard InChI is InChI=1S/C23H20BrClN2O2/c1-15-5-3-6-18(11-15)27-23(28)14-29-22-10-9-17(12-19(22)24)13-26-21-8-4-7-20(25)16(21)2/h3-13H,14H2,1-2H3,(H,27,28). The van der Waals surface area contributed by atoms with Gasteiger partial charge in [0.15, 0.2) is 6.61 Å². The smallest absolute Gasteiger partial charge is 0.262 e. The molecule has 1 amide bonds. The van der Waals surface area contributed by atoms with E-state index in [1.807, 2.05) is 68.4 Å². The Balaban J connectivity index is 1.61. The summed E-state index contributed by atoms with van der Waals surface area (Å²) in [4.78, 5) is 16.6. The summed E-state index contributed by atoms with van der Waals surface area (Å²) in [6.45, 7) is 3.83. The molecule has 0 bridgehead atoms. The van der Waals surface area contributed by atoms with Gasteiger partial charge in [-0.05, 0) is 88.9 Å². The van der Waals surface area contributed by atoms with E-state index in [0.717, 1.165) is 32.5 Å². The summed E-state index contributed by atoms with van der Waals surface area (Å²) in [7, 11) is 0. The van der Waals surface area contributed by atoms with Gasteiger partial charge < -0.3 is 10.1 Å². The lowest BCUT2D eigenvalue weighted by Crippen LogP contribution is -2.20. The Bertz CT molecular complexity index is 1070. The van der Waals surface area contributed by atoms with Crippen molar-refractivity contribution in [1.82, 2.24) is 0 Å². The van der Waals surface area contributed by atoms with Crippen LogP contribution in [0.3, 0.4) is 0 Å². The molecule has 0 fully saturated rings. The number of aliphatic imine (C=N–C) groups is 1. The SMILES string of the molecule is Cc1cccc(NC(=O)COc2ccc(C=Nc3cccc(Cl)c3C)cc2Br)c1. The number of hydrogen-bond donors (Lipinski definition) is 1. The zero-order valence-electron chi connectivity index (χ0n) is 16.1. The van der Waals surface area contributed by atoms with Gasteiger partial charge in [0, 0.05) is 16.9 Å². The quantitative estimate of drug-likeness (QED) is 0.418. The van der Waals surface area contributed by atoms with E-state index >= 15 is 0 Å². The Labute approximate surface area is 183 Å². The number of halogens is 2. The van der Waals surface area contributed by atoms with E-state index in [1.54, 1.807) is 12.3 Å². The topological polar surface area (TPSA) is 50.7 Å². The zero-order valence-corrected chi connectivity index (χ0v) is 18.4. The molecule has 0 atom stereocenters. The van der Waals surface area contributed by atoms with Gasteiger partial charge in [0.25, 0.3) is 5.91 Å². The lowest BCUT2D eigenvalue weighted by molar-refractivity contribution is -0.118. The Morgan fingerprint density at radius 1 is 1.14 bits per heavy atom. The third-order valence-corrected chi connectivity index (χ3v) is 5.24. The molecule has 0 saturated heterocycles. The number of nitrogens with one attached hydrogen (secondary N) is 1. The van der Waals surface area contributed by atoms with Gasteiger partial charge in [0.2, 0.25) is 0 Å². The fourth-order valence-electron chi connectivity index (χ4n) is 2.66. The van der Waals surface area contributed by atoms with E-state index in [4.69, 9.17) is 16.3 Å². The molecule has 29 heavy (non-hydrogen) atoms. The molecule has 0 saturated carbocycles. The maximum absolute atomic E-state index is 12.1. The average Bonchev–Trinajstić information content (AvgIpc) is 2.68. The summed E-state index contributed by atoms with van der Waals surface area (Å²) in [6, 6.07) is 18.8. The van der Waals surface area contributed by atoms with Gasteiger partial charge in [0.05, 0.1) is 10.2 Å². The van der Waals surface area contributed by atoms with Crippen LogP contribution in [0.2, 0.25) is 5.02 Å². The van der Waals surface area contributed by atoms with Gasteiger partial charge in [-0.25, -0.2) is 0 Å². The molecule has 0 aliphatic carbocycles. The molecular weight excluding hydrogens is 452 g/mol. The van der Waals surface area contributed by atoms with Crippen molar-refractivity contribution in [3.63, 3.8) is 0 Å². The summed E-state index contributed by atoms with van der Waals surface area (Å²) in [5.74, 6) is 0.366. The van der Waals surface area contributed by atoms with E-state index in [0.29, 0.717) is 10.8 Å². The molecule has 0 aromatic heterocycles. The van der Waals surface area contributed by atoms with Crippen molar-refractivity contribution >= 4 is 51.0 Å². The number of anilines is 1. The second-order valence-electron chi connectivity index (χ2n) is 6.54. The number of ether oxygens (including phenoxy) is 1. The Hall–Kier alpha value is -2.63. The van der Waals surface area contributed by atoms with Crippen molar-refractivity contribution in [3.05, 3.63) is 86.8 Å². The number of amides is 1. The number of carbonyl (C=O) groups is 1. The first-order valence-corrected chi connectivity index (χ1v) is 10.2. The minimum absolute atomic E-state index is 0.0817. The summed E-state index contributed by atoms with van der Waals surface area (Å²) in [6.07, 6.45) is 1.76. The summed E-state index contributed by atoms with van der Waals surface area (Å²) in [5.41, 5.74) is 4.48. The highest BCUT2D eigenvalue weighted by atomic mass is 79.9. The molecule has 3 rings (SSSR count). The molecule has 0 spiro atoms. The van der Waals surface area contributed by atoms with E-state index in [1.165, 1.54) is 0 Å².